The number of rotatable bonds is 8. The number of hydrogen-bond acceptors (Lipinski definition) is 4. The summed E-state index contributed by atoms with van der Waals surface area (Å²) in [5, 5.41) is 8.82. The van der Waals surface area contributed by atoms with Crippen LogP contribution in [0.2, 0.25) is 0 Å². The summed E-state index contributed by atoms with van der Waals surface area (Å²) in [5.41, 5.74) is 0.920. The lowest BCUT2D eigenvalue weighted by Gasteiger charge is -2.17. The van der Waals surface area contributed by atoms with Gasteiger partial charge in [-0.25, -0.2) is 12.7 Å². The molecule has 0 bridgehead atoms. The van der Waals surface area contributed by atoms with E-state index in [4.69, 9.17) is 9.84 Å². The molecule has 0 aliphatic heterocycles. The molecule has 0 saturated carbocycles. The normalized spacial score (nSPS) is 12.0. The van der Waals surface area contributed by atoms with Crippen LogP contribution in [-0.4, -0.2) is 51.7 Å². The smallest absolute Gasteiger partial charge is 0.242 e. The molecule has 108 valence electrons. The summed E-state index contributed by atoms with van der Waals surface area (Å²) >= 11 is 0. The topological polar surface area (TPSA) is 66.8 Å². The van der Waals surface area contributed by atoms with Gasteiger partial charge >= 0.3 is 0 Å². The van der Waals surface area contributed by atoms with Gasteiger partial charge in [-0.15, -0.1) is 0 Å². The number of ether oxygens (including phenoxy) is 1. The van der Waals surface area contributed by atoms with Gasteiger partial charge in [-0.2, -0.15) is 0 Å². The first-order chi connectivity index (χ1) is 9.02. The highest BCUT2D eigenvalue weighted by atomic mass is 32.2. The number of aliphatic hydroxyl groups is 1. The van der Waals surface area contributed by atoms with E-state index in [0.717, 1.165) is 5.56 Å². The van der Waals surface area contributed by atoms with Crippen LogP contribution in [0.1, 0.15) is 12.0 Å². The Morgan fingerprint density at radius 2 is 1.89 bits per heavy atom. The fourth-order valence-corrected chi connectivity index (χ4v) is 2.90. The van der Waals surface area contributed by atoms with Gasteiger partial charge in [-0.05, 0) is 30.5 Å². The highest BCUT2D eigenvalue weighted by molar-refractivity contribution is 7.89. The SMILES string of the molecule is COCCCN(C)S(=O)(=O)c1ccc(CCO)cc1. The van der Waals surface area contributed by atoms with Crippen LogP contribution in [0.25, 0.3) is 0 Å². The Morgan fingerprint density at radius 1 is 1.26 bits per heavy atom. The van der Waals surface area contributed by atoms with E-state index < -0.39 is 10.0 Å². The Labute approximate surface area is 114 Å². The number of hydrogen-bond donors (Lipinski definition) is 1. The zero-order valence-electron chi connectivity index (χ0n) is 11.4. The van der Waals surface area contributed by atoms with Crippen LogP contribution in [0.5, 0.6) is 0 Å². The minimum absolute atomic E-state index is 0.0585. The van der Waals surface area contributed by atoms with Crippen LogP contribution in [0, 0.1) is 0 Å². The fraction of sp³-hybridized carbons (Fsp3) is 0.538. The van der Waals surface area contributed by atoms with Gasteiger partial charge in [0.1, 0.15) is 0 Å². The molecule has 0 amide bonds. The quantitative estimate of drug-likeness (QED) is 0.721. The lowest BCUT2D eigenvalue weighted by atomic mass is 10.2. The Morgan fingerprint density at radius 3 is 2.42 bits per heavy atom. The molecule has 0 spiro atoms. The van der Waals surface area contributed by atoms with Gasteiger partial charge < -0.3 is 9.84 Å². The van der Waals surface area contributed by atoms with Crippen molar-refractivity contribution in [2.24, 2.45) is 0 Å². The minimum atomic E-state index is -3.44. The summed E-state index contributed by atoms with van der Waals surface area (Å²) in [4.78, 5) is 0.272. The third kappa shape index (κ3) is 4.58. The highest BCUT2D eigenvalue weighted by Gasteiger charge is 2.19. The molecule has 0 fully saturated rings. The summed E-state index contributed by atoms with van der Waals surface area (Å²) in [7, 11) is -0.282. The summed E-state index contributed by atoms with van der Waals surface area (Å²) in [6.07, 6.45) is 1.19. The van der Waals surface area contributed by atoms with E-state index in [1.165, 1.54) is 4.31 Å². The Bertz CT molecular complexity index is 470. The molecular formula is C13H21NO4S. The van der Waals surface area contributed by atoms with Crippen molar-refractivity contribution in [2.75, 3.05) is 33.9 Å². The molecule has 6 heteroatoms. The average Bonchev–Trinajstić information content (AvgIpc) is 2.40. The molecule has 0 unspecified atom stereocenters. The second-order valence-electron chi connectivity index (χ2n) is 4.29. The molecular weight excluding hydrogens is 266 g/mol. The predicted octanol–water partition coefficient (Wildman–Crippen LogP) is 0.878. The van der Waals surface area contributed by atoms with E-state index >= 15 is 0 Å². The molecule has 1 N–H and O–H groups in total. The van der Waals surface area contributed by atoms with E-state index in [2.05, 4.69) is 0 Å². The Balaban J connectivity index is 2.75. The number of benzene rings is 1. The molecule has 0 atom stereocenters. The van der Waals surface area contributed by atoms with Crippen LogP contribution < -0.4 is 0 Å². The largest absolute Gasteiger partial charge is 0.396 e. The summed E-state index contributed by atoms with van der Waals surface area (Å²) in [6, 6.07) is 6.61. The highest BCUT2D eigenvalue weighted by Crippen LogP contribution is 2.15. The summed E-state index contributed by atoms with van der Waals surface area (Å²) in [5.74, 6) is 0. The first-order valence-electron chi connectivity index (χ1n) is 6.17. The van der Waals surface area contributed by atoms with Crippen LogP contribution in [-0.2, 0) is 21.2 Å². The lowest BCUT2D eigenvalue weighted by Crippen LogP contribution is -2.28. The summed E-state index contributed by atoms with van der Waals surface area (Å²) in [6.45, 7) is 1.02. The molecule has 1 rings (SSSR count). The third-order valence-corrected chi connectivity index (χ3v) is 4.72. The first-order valence-corrected chi connectivity index (χ1v) is 7.61. The van der Waals surface area contributed by atoms with Crippen molar-refractivity contribution in [1.82, 2.24) is 4.31 Å². The maximum Gasteiger partial charge on any atom is 0.242 e. The third-order valence-electron chi connectivity index (χ3n) is 2.85. The van der Waals surface area contributed by atoms with Crippen molar-refractivity contribution in [3.05, 3.63) is 29.8 Å². The molecule has 0 aliphatic rings. The zero-order valence-corrected chi connectivity index (χ0v) is 12.2. The molecule has 1 aromatic rings. The monoisotopic (exact) mass is 287 g/mol. The van der Waals surface area contributed by atoms with Crippen LogP contribution in [0.4, 0.5) is 0 Å². The predicted molar refractivity (Wildman–Crippen MR) is 73.5 cm³/mol. The molecule has 0 aliphatic carbocycles. The van der Waals surface area contributed by atoms with E-state index in [1.54, 1.807) is 38.4 Å². The molecule has 0 radical (unpaired) electrons. The van der Waals surface area contributed by atoms with Gasteiger partial charge in [0.05, 0.1) is 4.90 Å². The number of sulfonamides is 1. The number of nitrogens with zero attached hydrogens (tertiary/aromatic N) is 1. The molecule has 0 heterocycles. The van der Waals surface area contributed by atoms with Crippen LogP contribution >= 0.6 is 0 Å². The van der Waals surface area contributed by atoms with Crippen molar-refractivity contribution in [1.29, 1.82) is 0 Å². The van der Waals surface area contributed by atoms with Gasteiger partial charge in [0, 0.05) is 33.9 Å². The van der Waals surface area contributed by atoms with Crippen molar-refractivity contribution < 1.29 is 18.3 Å². The second-order valence-corrected chi connectivity index (χ2v) is 6.34. The van der Waals surface area contributed by atoms with Crippen LogP contribution in [0.3, 0.4) is 0 Å². The lowest BCUT2D eigenvalue weighted by molar-refractivity contribution is 0.189. The second kappa shape index (κ2) is 7.59. The van der Waals surface area contributed by atoms with Gasteiger partial charge in [-0.1, -0.05) is 12.1 Å². The average molecular weight is 287 g/mol. The first kappa shape index (κ1) is 16.1. The van der Waals surface area contributed by atoms with E-state index in [0.29, 0.717) is 26.0 Å². The van der Waals surface area contributed by atoms with Gasteiger partial charge in [0.15, 0.2) is 0 Å². The Kier molecular flexibility index (Phi) is 6.44. The van der Waals surface area contributed by atoms with Gasteiger partial charge in [0.2, 0.25) is 10.0 Å². The Hall–Kier alpha value is -0.950. The molecule has 0 aromatic heterocycles. The number of aliphatic hydroxyl groups excluding tert-OH is 1. The van der Waals surface area contributed by atoms with Crippen molar-refractivity contribution >= 4 is 10.0 Å². The zero-order chi connectivity index (χ0) is 14.3. The van der Waals surface area contributed by atoms with Crippen LogP contribution in [0.15, 0.2) is 29.2 Å². The van der Waals surface area contributed by atoms with Crippen molar-refractivity contribution in [2.45, 2.75) is 17.7 Å². The maximum atomic E-state index is 12.2. The molecule has 0 saturated heterocycles. The van der Waals surface area contributed by atoms with Crippen molar-refractivity contribution in [3.63, 3.8) is 0 Å². The van der Waals surface area contributed by atoms with Crippen molar-refractivity contribution in [3.8, 4) is 0 Å². The minimum Gasteiger partial charge on any atom is -0.396 e. The van der Waals surface area contributed by atoms with Gasteiger partial charge in [-0.3, -0.25) is 0 Å². The molecule has 19 heavy (non-hydrogen) atoms. The molecule has 5 nitrogen and oxygen atoms in total. The number of methoxy groups -OCH3 is 1. The van der Waals surface area contributed by atoms with E-state index in [-0.39, 0.29) is 11.5 Å². The standard InChI is InChI=1S/C13H21NO4S/c1-14(9-3-11-18-2)19(16,17)13-6-4-12(5-7-13)8-10-15/h4-7,15H,3,8-11H2,1-2H3. The maximum absolute atomic E-state index is 12.2. The van der Waals surface area contributed by atoms with E-state index in [9.17, 15) is 8.42 Å². The van der Waals surface area contributed by atoms with E-state index in [1.807, 2.05) is 0 Å². The summed E-state index contributed by atoms with van der Waals surface area (Å²) < 4.78 is 30.7. The van der Waals surface area contributed by atoms with Gasteiger partial charge in [0.25, 0.3) is 0 Å². The fourth-order valence-electron chi connectivity index (χ4n) is 1.69. The molecule has 1 aromatic carbocycles.